The molecule has 5 heteroatoms. The van der Waals surface area contributed by atoms with Crippen LogP contribution in [0.4, 0.5) is 0 Å². The van der Waals surface area contributed by atoms with Crippen LogP contribution in [-0.2, 0) is 4.79 Å². The number of ketones is 1. The zero-order valence-electron chi connectivity index (χ0n) is 5.98. The third-order valence-electron chi connectivity index (χ3n) is 1.19. The number of hydrogen-bond donors (Lipinski definition) is 1. The molecular weight excluding hydrogens is 210 g/mol. The van der Waals surface area contributed by atoms with E-state index in [1.807, 2.05) is 0 Å². The van der Waals surface area contributed by atoms with E-state index >= 15 is 0 Å². The monoisotopic (exact) mass is 218 g/mol. The fraction of sp³-hybridized carbons (Fsp3) is 0.833. The molecule has 0 aromatic carbocycles. The van der Waals surface area contributed by atoms with E-state index in [0.29, 0.717) is 6.42 Å². The molecule has 0 rings (SSSR count). The van der Waals surface area contributed by atoms with Gasteiger partial charge in [0.1, 0.15) is 11.9 Å². The second-order valence-electron chi connectivity index (χ2n) is 2.15. The van der Waals surface area contributed by atoms with E-state index in [1.165, 1.54) is 0 Å². The van der Waals surface area contributed by atoms with Gasteiger partial charge in [-0.1, -0.05) is 41.7 Å². The van der Waals surface area contributed by atoms with Crippen LogP contribution < -0.4 is 0 Å². The van der Waals surface area contributed by atoms with Crippen molar-refractivity contribution in [1.29, 1.82) is 0 Å². The Kier molecular flexibility index (Phi) is 4.71. The molecule has 0 amide bonds. The Bertz CT molecular complexity index is 141. The molecule has 1 N–H and O–H groups in total. The van der Waals surface area contributed by atoms with Gasteiger partial charge in [-0.05, 0) is 0 Å². The molecule has 0 aliphatic heterocycles. The predicted molar refractivity (Wildman–Crippen MR) is 46.2 cm³/mol. The van der Waals surface area contributed by atoms with Gasteiger partial charge in [0.15, 0.2) is 0 Å². The molecule has 0 aliphatic rings. The Morgan fingerprint density at radius 1 is 1.55 bits per heavy atom. The van der Waals surface area contributed by atoms with Crippen molar-refractivity contribution >= 4 is 40.6 Å². The van der Waals surface area contributed by atoms with Crippen molar-refractivity contribution in [2.45, 2.75) is 29.7 Å². The van der Waals surface area contributed by atoms with Crippen LogP contribution in [0.3, 0.4) is 0 Å². The van der Waals surface area contributed by atoms with E-state index in [9.17, 15) is 4.79 Å². The first kappa shape index (κ1) is 11.5. The van der Waals surface area contributed by atoms with Crippen molar-refractivity contribution in [2.75, 3.05) is 0 Å². The van der Waals surface area contributed by atoms with E-state index in [-0.39, 0.29) is 12.2 Å². The third kappa shape index (κ3) is 4.86. The first-order valence-electron chi connectivity index (χ1n) is 3.14. The normalized spacial score (nSPS) is 14.6. The third-order valence-corrected chi connectivity index (χ3v) is 1.95. The van der Waals surface area contributed by atoms with E-state index in [1.54, 1.807) is 6.92 Å². The lowest BCUT2D eigenvalue weighted by Gasteiger charge is -2.17. The van der Waals surface area contributed by atoms with Gasteiger partial charge in [-0.3, -0.25) is 4.79 Å². The maximum Gasteiger partial charge on any atom is 0.216 e. The summed E-state index contributed by atoms with van der Waals surface area (Å²) in [5.41, 5.74) is 0. The highest BCUT2D eigenvalue weighted by Gasteiger charge is 2.31. The maximum absolute atomic E-state index is 10.7. The van der Waals surface area contributed by atoms with Gasteiger partial charge in [0.2, 0.25) is 3.79 Å². The van der Waals surface area contributed by atoms with Crippen molar-refractivity contribution in [3.8, 4) is 0 Å². The smallest absolute Gasteiger partial charge is 0.216 e. The molecule has 0 aromatic heterocycles. The van der Waals surface area contributed by atoms with Crippen LogP contribution in [0.25, 0.3) is 0 Å². The SMILES string of the molecule is CCC(=O)C[C@@H](O)C(Cl)(Cl)Cl. The minimum Gasteiger partial charge on any atom is -0.388 e. The summed E-state index contributed by atoms with van der Waals surface area (Å²) < 4.78 is -1.76. The Labute approximate surface area is 80.4 Å². The van der Waals surface area contributed by atoms with Crippen molar-refractivity contribution in [2.24, 2.45) is 0 Å². The molecule has 0 aromatic rings. The molecule has 0 unspecified atom stereocenters. The van der Waals surface area contributed by atoms with Gasteiger partial charge in [-0.25, -0.2) is 0 Å². The van der Waals surface area contributed by atoms with Gasteiger partial charge in [-0.2, -0.15) is 0 Å². The van der Waals surface area contributed by atoms with E-state index in [0.717, 1.165) is 0 Å². The summed E-state index contributed by atoms with van der Waals surface area (Å²) in [5, 5.41) is 9.07. The highest BCUT2D eigenvalue weighted by molar-refractivity contribution is 6.68. The molecule has 0 saturated carbocycles. The van der Waals surface area contributed by atoms with Gasteiger partial charge in [-0.15, -0.1) is 0 Å². The van der Waals surface area contributed by atoms with Gasteiger partial charge in [0.25, 0.3) is 0 Å². The Morgan fingerprint density at radius 3 is 2.27 bits per heavy atom. The van der Waals surface area contributed by atoms with Gasteiger partial charge >= 0.3 is 0 Å². The summed E-state index contributed by atoms with van der Waals surface area (Å²) in [6.07, 6.45) is -0.968. The molecule has 0 fully saturated rings. The lowest BCUT2D eigenvalue weighted by atomic mass is 10.1. The molecule has 0 spiro atoms. The minimum atomic E-state index is -1.76. The molecule has 0 bridgehead atoms. The number of aliphatic hydroxyl groups excluding tert-OH is 1. The average molecular weight is 219 g/mol. The minimum absolute atomic E-state index is 0.104. The number of carbonyl (C=O) groups is 1. The van der Waals surface area contributed by atoms with E-state index in [2.05, 4.69) is 0 Å². The van der Waals surface area contributed by atoms with Crippen LogP contribution in [0.1, 0.15) is 19.8 Å². The quantitative estimate of drug-likeness (QED) is 0.738. The average Bonchev–Trinajstić information content (AvgIpc) is 1.85. The first-order chi connectivity index (χ1) is 4.88. The van der Waals surface area contributed by atoms with Crippen LogP contribution >= 0.6 is 34.8 Å². The zero-order chi connectivity index (χ0) is 9.07. The summed E-state index contributed by atoms with van der Waals surface area (Å²) in [7, 11) is 0. The molecule has 0 heterocycles. The number of hydrogen-bond acceptors (Lipinski definition) is 2. The standard InChI is InChI=1S/C6H9Cl3O2/c1-2-4(10)3-5(11)6(7,8)9/h5,11H,2-3H2,1H3/t5-/m1/s1. The topological polar surface area (TPSA) is 37.3 Å². The fourth-order valence-electron chi connectivity index (χ4n) is 0.476. The molecule has 0 aliphatic carbocycles. The molecule has 66 valence electrons. The molecule has 0 saturated heterocycles. The lowest BCUT2D eigenvalue weighted by Crippen LogP contribution is -2.27. The molecule has 0 radical (unpaired) electrons. The Balaban J connectivity index is 3.87. The second kappa shape index (κ2) is 4.51. The number of alkyl halides is 3. The number of rotatable bonds is 3. The lowest BCUT2D eigenvalue weighted by molar-refractivity contribution is -0.120. The first-order valence-corrected chi connectivity index (χ1v) is 4.27. The van der Waals surface area contributed by atoms with Gasteiger partial charge < -0.3 is 5.11 Å². The number of carbonyl (C=O) groups excluding carboxylic acids is 1. The summed E-state index contributed by atoms with van der Waals surface area (Å²) >= 11 is 15.9. The van der Waals surface area contributed by atoms with E-state index in [4.69, 9.17) is 39.9 Å². The zero-order valence-corrected chi connectivity index (χ0v) is 8.25. The summed E-state index contributed by atoms with van der Waals surface area (Å²) in [4.78, 5) is 10.7. The van der Waals surface area contributed by atoms with Crippen LogP contribution in [-0.4, -0.2) is 20.8 Å². The second-order valence-corrected chi connectivity index (χ2v) is 4.52. The summed E-state index contributed by atoms with van der Waals surface area (Å²) in [6.45, 7) is 1.69. The van der Waals surface area contributed by atoms with Crippen molar-refractivity contribution in [3.05, 3.63) is 0 Å². The Morgan fingerprint density at radius 2 is 2.00 bits per heavy atom. The highest BCUT2D eigenvalue weighted by atomic mass is 35.6. The summed E-state index contributed by atoms with van der Waals surface area (Å²) in [5.74, 6) is -0.121. The predicted octanol–water partition coefficient (Wildman–Crippen LogP) is 2.09. The van der Waals surface area contributed by atoms with Gasteiger partial charge in [0.05, 0.1) is 0 Å². The van der Waals surface area contributed by atoms with Crippen LogP contribution in [0.15, 0.2) is 0 Å². The maximum atomic E-state index is 10.7. The summed E-state index contributed by atoms with van der Waals surface area (Å²) in [6, 6.07) is 0. The van der Waals surface area contributed by atoms with E-state index < -0.39 is 9.90 Å². The molecule has 2 nitrogen and oxygen atoms in total. The van der Waals surface area contributed by atoms with Gasteiger partial charge in [0, 0.05) is 12.8 Å². The van der Waals surface area contributed by atoms with Crippen molar-refractivity contribution in [3.63, 3.8) is 0 Å². The molecule has 11 heavy (non-hydrogen) atoms. The van der Waals surface area contributed by atoms with Crippen LogP contribution in [0.2, 0.25) is 0 Å². The number of halogens is 3. The number of aliphatic hydroxyl groups is 1. The highest BCUT2D eigenvalue weighted by Crippen LogP contribution is 2.31. The van der Waals surface area contributed by atoms with Crippen LogP contribution in [0.5, 0.6) is 0 Å². The fourth-order valence-corrected chi connectivity index (χ4v) is 0.707. The largest absolute Gasteiger partial charge is 0.388 e. The van der Waals surface area contributed by atoms with Crippen molar-refractivity contribution < 1.29 is 9.90 Å². The van der Waals surface area contributed by atoms with Crippen molar-refractivity contribution in [1.82, 2.24) is 0 Å². The number of Topliss-reactive ketones (excluding diaryl/α,β-unsaturated/α-hetero) is 1. The van der Waals surface area contributed by atoms with Crippen LogP contribution in [0, 0.1) is 0 Å². The Hall–Kier alpha value is 0.500. The molecule has 1 atom stereocenters. The molecular formula is C6H9Cl3O2.